The second kappa shape index (κ2) is 7.44. The molecule has 3 atom stereocenters. The van der Waals surface area contributed by atoms with Crippen LogP contribution in [0.4, 0.5) is 0 Å². The molecule has 25 heavy (non-hydrogen) atoms. The van der Waals surface area contributed by atoms with Crippen LogP contribution in [0.25, 0.3) is 0 Å². The summed E-state index contributed by atoms with van der Waals surface area (Å²) < 4.78 is 5.68. The molecule has 0 radical (unpaired) electrons. The lowest BCUT2D eigenvalue weighted by molar-refractivity contribution is -0.170. The minimum atomic E-state index is -0.909. The molecule has 1 aliphatic carbocycles. The molecule has 2 rings (SSSR count). The van der Waals surface area contributed by atoms with Crippen molar-refractivity contribution in [3.05, 3.63) is 35.4 Å². The van der Waals surface area contributed by atoms with Gasteiger partial charge in [0.25, 0.3) is 0 Å². The second-order valence-electron chi connectivity index (χ2n) is 7.98. The summed E-state index contributed by atoms with van der Waals surface area (Å²) in [5, 5.41) is 2.93. The SMILES string of the molecule is CCOC1CC(N)(C(=O)NCC(N)c2ccc(C(C)C)cc2)C1(C)C. The average molecular weight is 348 g/mol. The highest BCUT2D eigenvalue weighted by molar-refractivity contribution is 5.88. The first-order valence-corrected chi connectivity index (χ1v) is 9.17. The summed E-state index contributed by atoms with van der Waals surface area (Å²) in [6.07, 6.45) is 0.559. The van der Waals surface area contributed by atoms with Crippen molar-refractivity contribution >= 4 is 5.91 Å². The Balaban J connectivity index is 1.93. The number of nitrogens with one attached hydrogen (secondary N) is 1. The first kappa shape index (κ1) is 19.9. The van der Waals surface area contributed by atoms with Crippen molar-refractivity contribution in [2.45, 2.75) is 64.6 Å². The summed E-state index contributed by atoms with van der Waals surface area (Å²) in [5.41, 5.74) is 13.6. The van der Waals surface area contributed by atoms with Gasteiger partial charge in [0.1, 0.15) is 5.54 Å². The summed E-state index contributed by atoms with van der Waals surface area (Å²) >= 11 is 0. The number of nitrogens with two attached hydrogens (primary N) is 2. The first-order valence-electron chi connectivity index (χ1n) is 9.17. The van der Waals surface area contributed by atoms with E-state index in [1.165, 1.54) is 5.56 Å². The molecule has 5 nitrogen and oxygen atoms in total. The highest BCUT2D eigenvalue weighted by Gasteiger charge is 2.62. The van der Waals surface area contributed by atoms with E-state index in [4.69, 9.17) is 16.2 Å². The number of carbonyl (C=O) groups is 1. The third kappa shape index (κ3) is 3.73. The van der Waals surface area contributed by atoms with Crippen LogP contribution < -0.4 is 16.8 Å². The zero-order chi connectivity index (χ0) is 18.8. The van der Waals surface area contributed by atoms with Crippen molar-refractivity contribution in [2.75, 3.05) is 13.2 Å². The lowest BCUT2D eigenvalue weighted by Crippen LogP contribution is -2.75. The number of rotatable bonds is 7. The van der Waals surface area contributed by atoms with Gasteiger partial charge in [-0.15, -0.1) is 0 Å². The molecular weight excluding hydrogens is 314 g/mol. The Morgan fingerprint density at radius 3 is 2.32 bits per heavy atom. The molecule has 1 saturated carbocycles. The summed E-state index contributed by atoms with van der Waals surface area (Å²) in [5.74, 6) is 0.337. The van der Waals surface area contributed by atoms with Gasteiger partial charge in [-0.25, -0.2) is 0 Å². The van der Waals surface area contributed by atoms with Gasteiger partial charge in [0, 0.05) is 31.0 Å². The van der Waals surface area contributed by atoms with Crippen LogP contribution in [0.5, 0.6) is 0 Å². The number of benzene rings is 1. The number of carbonyl (C=O) groups excluding carboxylic acids is 1. The molecule has 0 aliphatic heterocycles. The van der Waals surface area contributed by atoms with Crippen LogP contribution in [-0.2, 0) is 9.53 Å². The fraction of sp³-hybridized carbons (Fsp3) is 0.650. The molecule has 5 N–H and O–H groups in total. The van der Waals surface area contributed by atoms with Gasteiger partial charge >= 0.3 is 0 Å². The number of hydrogen-bond acceptors (Lipinski definition) is 4. The predicted molar refractivity (Wildman–Crippen MR) is 101 cm³/mol. The molecule has 140 valence electrons. The molecule has 1 fully saturated rings. The number of amides is 1. The Morgan fingerprint density at radius 2 is 1.84 bits per heavy atom. The summed E-state index contributed by atoms with van der Waals surface area (Å²) in [6, 6.07) is 7.99. The van der Waals surface area contributed by atoms with Crippen molar-refractivity contribution in [3.8, 4) is 0 Å². The molecule has 5 heteroatoms. The summed E-state index contributed by atoms with van der Waals surface area (Å²) in [7, 11) is 0. The van der Waals surface area contributed by atoms with Crippen LogP contribution in [0, 0.1) is 5.41 Å². The summed E-state index contributed by atoms with van der Waals surface area (Å²) in [6.45, 7) is 11.2. The van der Waals surface area contributed by atoms with E-state index in [0.29, 0.717) is 25.5 Å². The lowest BCUT2D eigenvalue weighted by Gasteiger charge is -2.57. The van der Waals surface area contributed by atoms with Crippen LogP contribution in [0.3, 0.4) is 0 Å². The average Bonchev–Trinajstić information content (AvgIpc) is 2.58. The minimum absolute atomic E-state index is 0.0190. The molecule has 1 amide bonds. The molecule has 1 aromatic rings. The van der Waals surface area contributed by atoms with E-state index in [1.807, 2.05) is 32.9 Å². The Morgan fingerprint density at radius 1 is 1.28 bits per heavy atom. The van der Waals surface area contributed by atoms with E-state index in [0.717, 1.165) is 5.56 Å². The fourth-order valence-corrected chi connectivity index (χ4v) is 3.43. The minimum Gasteiger partial charge on any atom is -0.378 e. The zero-order valence-electron chi connectivity index (χ0n) is 16.1. The third-order valence-electron chi connectivity index (χ3n) is 5.75. The predicted octanol–water partition coefficient (Wildman–Crippen LogP) is 2.46. The van der Waals surface area contributed by atoms with Gasteiger partial charge in [-0.3, -0.25) is 4.79 Å². The molecule has 0 heterocycles. The molecule has 0 spiro atoms. The molecule has 0 saturated heterocycles. The quantitative estimate of drug-likeness (QED) is 0.707. The maximum atomic E-state index is 12.6. The Labute approximate surface area is 151 Å². The molecular formula is C20H33N3O2. The highest BCUT2D eigenvalue weighted by atomic mass is 16.5. The van der Waals surface area contributed by atoms with Gasteiger partial charge in [0.2, 0.25) is 5.91 Å². The van der Waals surface area contributed by atoms with Crippen molar-refractivity contribution in [1.29, 1.82) is 0 Å². The van der Waals surface area contributed by atoms with Crippen molar-refractivity contribution in [1.82, 2.24) is 5.32 Å². The van der Waals surface area contributed by atoms with Gasteiger partial charge in [0.05, 0.1) is 6.10 Å². The van der Waals surface area contributed by atoms with E-state index < -0.39 is 11.0 Å². The molecule has 0 bridgehead atoms. The normalized spacial score (nSPS) is 26.2. The standard InChI is InChI=1S/C20H33N3O2/c1-6-25-17-11-20(22,19(17,4)5)18(24)23-12-16(21)15-9-7-14(8-10-15)13(2)3/h7-10,13,16-17H,6,11-12,21-22H2,1-5H3,(H,23,24). The second-order valence-corrected chi connectivity index (χ2v) is 7.98. The fourth-order valence-electron chi connectivity index (χ4n) is 3.43. The molecule has 1 aromatic carbocycles. The van der Waals surface area contributed by atoms with Crippen LogP contribution in [0.15, 0.2) is 24.3 Å². The van der Waals surface area contributed by atoms with E-state index in [9.17, 15) is 4.79 Å². The van der Waals surface area contributed by atoms with Crippen molar-refractivity contribution in [2.24, 2.45) is 16.9 Å². The van der Waals surface area contributed by atoms with E-state index >= 15 is 0 Å². The third-order valence-corrected chi connectivity index (χ3v) is 5.75. The van der Waals surface area contributed by atoms with E-state index in [2.05, 4.69) is 31.3 Å². The first-order chi connectivity index (χ1) is 11.6. The van der Waals surface area contributed by atoms with Gasteiger partial charge in [-0.2, -0.15) is 0 Å². The number of ether oxygens (including phenoxy) is 1. The molecule has 1 aliphatic rings. The Hall–Kier alpha value is -1.43. The molecule has 3 unspecified atom stereocenters. The summed E-state index contributed by atoms with van der Waals surface area (Å²) in [4.78, 5) is 12.6. The van der Waals surface area contributed by atoms with Gasteiger partial charge in [0.15, 0.2) is 0 Å². The Bertz CT molecular complexity index is 597. The maximum Gasteiger partial charge on any atom is 0.240 e. The van der Waals surface area contributed by atoms with Crippen LogP contribution >= 0.6 is 0 Å². The topological polar surface area (TPSA) is 90.4 Å². The van der Waals surface area contributed by atoms with Crippen LogP contribution in [0.1, 0.15) is 64.1 Å². The highest BCUT2D eigenvalue weighted by Crippen LogP contribution is 2.49. The number of hydrogen-bond donors (Lipinski definition) is 3. The van der Waals surface area contributed by atoms with E-state index in [1.54, 1.807) is 0 Å². The smallest absolute Gasteiger partial charge is 0.240 e. The van der Waals surface area contributed by atoms with Crippen LogP contribution in [0.2, 0.25) is 0 Å². The lowest BCUT2D eigenvalue weighted by atomic mass is 9.54. The molecule has 0 aromatic heterocycles. The zero-order valence-corrected chi connectivity index (χ0v) is 16.1. The van der Waals surface area contributed by atoms with Crippen LogP contribution in [-0.4, -0.2) is 30.7 Å². The van der Waals surface area contributed by atoms with Gasteiger partial charge in [-0.05, 0) is 24.0 Å². The Kier molecular flexibility index (Phi) is 5.92. The largest absolute Gasteiger partial charge is 0.378 e. The van der Waals surface area contributed by atoms with Crippen molar-refractivity contribution in [3.63, 3.8) is 0 Å². The van der Waals surface area contributed by atoms with Crippen molar-refractivity contribution < 1.29 is 9.53 Å². The maximum absolute atomic E-state index is 12.6. The van der Waals surface area contributed by atoms with Gasteiger partial charge in [-0.1, -0.05) is 52.0 Å². The monoisotopic (exact) mass is 347 g/mol. The van der Waals surface area contributed by atoms with E-state index in [-0.39, 0.29) is 18.1 Å². The van der Waals surface area contributed by atoms with Gasteiger partial charge < -0.3 is 21.5 Å².